The molecule has 0 bridgehead atoms. The van der Waals surface area contributed by atoms with Crippen molar-refractivity contribution >= 4 is 11.8 Å². The first-order valence-electron chi connectivity index (χ1n) is 6.84. The van der Waals surface area contributed by atoms with Crippen molar-refractivity contribution in [1.82, 2.24) is 10.2 Å². The first kappa shape index (κ1) is 13.3. The van der Waals surface area contributed by atoms with E-state index in [0.717, 1.165) is 19.3 Å². The molecule has 1 saturated heterocycles. The number of amides is 2. The van der Waals surface area contributed by atoms with Crippen LogP contribution in [0.25, 0.3) is 0 Å². The number of hydrogen-bond donors (Lipinski definition) is 2. The molecule has 18 heavy (non-hydrogen) atoms. The van der Waals surface area contributed by atoms with E-state index in [-0.39, 0.29) is 36.3 Å². The fourth-order valence-corrected chi connectivity index (χ4v) is 3.00. The fourth-order valence-electron chi connectivity index (χ4n) is 3.00. The fraction of sp³-hybridized carbons (Fsp3) is 0.846. The highest BCUT2D eigenvalue weighted by Crippen LogP contribution is 2.26. The van der Waals surface area contributed by atoms with Crippen molar-refractivity contribution in [3.8, 4) is 0 Å². The Morgan fingerprint density at radius 3 is 2.89 bits per heavy atom. The van der Waals surface area contributed by atoms with E-state index in [2.05, 4.69) is 5.32 Å². The average molecular weight is 254 g/mol. The van der Waals surface area contributed by atoms with E-state index in [0.29, 0.717) is 19.5 Å². The molecule has 0 aromatic heterocycles. The maximum Gasteiger partial charge on any atom is 0.225 e. The normalized spacial score (nSPS) is 32.0. The van der Waals surface area contributed by atoms with Crippen LogP contribution in [0.15, 0.2) is 0 Å². The van der Waals surface area contributed by atoms with E-state index in [1.807, 2.05) is 6.92 Å². The van der Waals surface area contributed by atoms with Crippen LogP contribution >= 0.6 is 0 Å². The number of rotatable bonds is 4. The van der Waals surface area contributed by atoms with Gasteiger partial charge >= 0.3 is 0 Å². The van der Waals surface area contributed by atoms with Crippen molar-refractivity contribution in [2.75, 3.05) is 19.7 Å². The smallest absolute Gasteiger partial charge is 0.225 e. The first-order chi connectivity index (χ1) is 8.65. The van der Waals surface area contributed by atoms with Crippen LogP contribution in [0.1, 0.15) is 32.6 Å². The molecule has 0 aromatic rings. The lowest BCUT2D eigenvalue weighted by molar-refractivity contribution is -0.129. The topological polar surface area (TPSA) is 69.6 Å². The SMILES string of the molecule is CCN1CC(C(=O)NC2CCCC2CO)CC1=O. The number of nitrogens with zero attached hydrogens (tertiary/aromatic N) is 1. The molecule has 102 valence electrons. The van der Waals surface area contributed by atoms with Gasteiger partial charge in [0, 0.05) is 38.1 Å². The minimum Gasteiger partial charge on any atom is -0.396 e. The summed E-state index contributed by atoms with van der Waals surface area (Å²) in [5.74, 6) is 0.0261. The summed E-state index contributed by atoms with van der Waals surface area (Å²) < 4.78 is 0. The predicted octanol–water partition coefficient (Wildman–Crippen LogP) is 0.132. The molecular formula is C13H22N2O3. The quantitative estimate of drug-likeness (QED) is 0.749. The lowest BCUT2D eigenvalue weighted by atomic mass is 10.0. The molecule has 0 radical (unpaired) electrons. The van der Waals surface area contributed by atoms with Crippen LogP contribution in [0.4, 0.5) is 0 Å². The zero-order valence-corrected chi connectivity index (χ0v) is 10.9. The molecule has 5 nitrogen and oxygen atoms in total. The molecule has 1 saturated carbocycles. The number of carbonyl (C=O) groups is 2. The van der Waals surface area contributed by atoms with Crippen molar-refractivity contribution in [1.29, 1.82) is 0 Å². The number of aliphatic hydroxyl groups is 1. The minimum atomic E-state index is -0.211. The maximum absolute atomic E-state index is 12.1. The summed E-state index contributed by atoms with van der Waals surface area (Å²) in [7, 11) is 0. The monoisotopic (exact) mass is 254 g/mol. The number of carbonyl (C=O) groups excluding carboxylic acids is 2. The number of aliphatic hydroxyl groups excluding tert-OH is 1. The second-order valence-electron chi connectivity index (χ2n) is 5.32. The highest BCUT2D eigenvalue weighted by molar-refractivity contribution is 5.89. The van der Waals surface area contributed by atoms with Crippen molar-refractivity contribution < 1.29 is 14.7 Å². The molecule has 2 amide bonds. The molecule has 0 aromatic carbocycles. The van der Waals surface area contributed by atoms with Gasteiger partial charge < -0.3 is 15.3 Å². The van der Waals surface area contributed by atoms with Crippen LogP contribution in [0.5, 0.6) is 0 Å². The first-order valence-corrected chi connectivity index (χ1v) is 6.84. The number of hydrogen-bond acceptors (Lipinski definition) is 3. The van der Waals surface area contributed by atoms with E-state index in [4.69, 9.17) is 0 Å². The average Bonchev–Trinajstić information content (AvgIpc) is 2.95. The molecule has 5 heteroatoms. The summed E-state index contributed by atoms with van der Waals surface area (Å²) in [5.41, 5.74) is 0. The van der Waals surface area contributed by atoms with Crippen LogP contribution in [-0.2, 0) is 9.59 Å². The van der Waals surface area contributed by atoms with Crippen molar-refractivity contribution in [3.05, 3.63) is 0 Å². The van der Waals surface area contributed by atoms with Crippen LogP contribution in [0.3, 0.4) is 0 Å². The Kier molecular flexibility index (Phi) is 4.22. The highest BCUT2D eigenvalue weighted by atomic mass is 16.3. The third-order valence-corrected chi connectivity index (χ3v) is 4.19. The molecule has 2 rings (SSSR count). The Labute approximate surface area is 108 Å². The van der Waals surface area contributed by atoms with Gasteiger partial charge in [-0.2, -0.15) is 0 Å². The second-order valence-corrected chi connectivity index (χ2v) is 5.32. The molecule has 2 N–H and O–H groups in total. The molecule has 2 fully saturated rings. The van der Waals surface area contributed by atoms with Gasteiger partial charge in [-0.3, -0.25) is 9.59 Å². The van der Waals surface area contributed by atoms with E-state index < -0.39 is 0 Å². The van der Waals surface area contributed by atoms with Gasteiger partial charge in [0.2, 0.25) is 11.8 Å². The lowest BCUT2D eigenvalue weighted by Gasteiger charge is -2.21. The number of nitrogens with one attached hydrogen (secondary N) is 1. The van der Waals surface area contributed by atoms with Gasteiger partial charge in [0.05, 0.1) is 5.92 Å². The summed E-state index contributed by atoms with van der Waals surface area (Å²) in [6, 6.07) is 0.0910. The molecule has 3 unspecified atom stereocenters. The van der Waals surface area contributed by atoms with Crippen molar-refractivity contribution in [2.24, 2.45) is 11.8 Å². The molecule has 1 aliphatic carbocycles. The van der Waals surface area contributed by atoms with E-state index in [1.54, 1.807) is 4.90 Å². The van der Waals surface area contributed by atoms with Gasteiger partial charge in [-0.1, -0.05) is 6.42 Å². The van der Waals surface area contributed by atoms with E-state index >= 15 is 0 Å². The van der Waals surface area contributed by atoms with Crippen LogP contribution < -0.4 is 5.32 Å². The third kappa shape index (κ3) is 2.66. The van der Waals surface area contributed by atoms with Crippen molar-refractivity contribution in [2.45, 2.75) is 38.6 Å². The van der Waals surface area contributed by atoms with E-state index in [1.165, 1.54) is 0 Å². The third-order valence-electron chi connectivity index (χ3n) is 4.19. The summed E-state index contributed by atoms with van der Waals surface area (Å²) in [6.07, 6.45) is 3.30. The molecule has 1 aliphatic heterocycles. The summed E-state index contributed by atoms with van der Waals surface area (Å²) in [4.78, 5) is 25.4. The van der Waals surface area contributed by atoms with Crippen LogP contribution in [-0.4, -0.2) is 47.6 Å². The Balaban J connectivity index is 1.87. The molecule has 3 atom stereocenters. The summed E-state index contributed by atoms with van der Waals surface area (Å²) in [5, 5.41) is 12.2. The Hall–Kier alpha value is -1.10. The van der Waals surface area contributed by atoms with Crippen LogP contribution in [0, 0.1) is 11.8 Å². The van der Waals surface area contributed by atoms with E-state index in [9.17, 15) is 14.7 Å². The Morgan fingerprint density at radius 2 is 2.28 bits per heavy atom. The Bertz CT molecular complexity index is 332. The van der Waals surface area contributed by atoms with Gasteiger partial charge in [0.1, 0.15) is 0 Å². The highest BCUT2D eigenvalue weighted by Gasteiger charge is 2.36. The molecule has 0 spiro atoms. The standard InChI is InChI=1S/C13H22N2O3/c1-2-15-7-10(6-12(15)17)13(18)14-11-5-3-4-9(11)8-16/h9-11,16H,2-8H2,1H3,(H,14,18). The molecule has 1 heterocycles. The van der Waals surface area contributed by atoms with Gasteiger partial charge in [-0.15, -0.1) is 0 Å². The predicted molar refractivity (Wildman–Crippen MR) is 66.7 cm³/mol. The zero-order chi connectivity index (χ0) is 13.1. The summed E-state index contributed by atoms with van der Waals surface area (Å²) >= 11 is 0. The van der Waals surface area contributed by atoms with Gasteiger partial charge in [-0.05, 0) is 19.8 Å². The van der Waals surface area contributed by atoms with Gasteiger partial charge in [-0.25, -0.2) is 0 Å². The molecule has 2 aliphatic rings. The minimum absolute atomic E-state index is 0.0235. The zero-order valence-electron chi connectivity index (χ0n) is 10.9. The second kappa shape index (κ2) is 5.69. The van der Waals surface area contributed by atoms with Gasteiger partial charge in [0.25, 0.3) is 0 Å². The molecular weight excluding hydrogens is 232 g/mol. The van der Waals surface area contributed by atoms with Crippen molar-refractivity contribution in [3.63, 3.8) is 0 Å². The Morgan fingerprint density at radius 1 is 1.50 bits per heavy atom. The maximum atomic E-state index is 12.1. The van der Waals surface area contributed by atoms with Gasteiger partial charge in [0.15, 0.2) is 0 Å². The summed E-state index contributed by atoms with van der Waals surface area (Å²) in [6.45, 7) is 3.27. The largest absolute Gasteiger partial charge is 0.396 e. The number of likely N-dealkylation sites (tertiary alicyclic amines) is 1. The lowest BCUT2D eigenvalue weighted by Crippen LogP contribution is -2.42. The van der Waals surface area contributed by atoms with Crippen LogP contribution in [0.2, 0.25) is 0 Å².